The van der Waals surface area contributed by atoms with E-state index < -0.39 is 6.29 Å². The van der Waals surface area contributed by atoms with Crippen molar-refractivity contribution in [1.29, 1.82) is 0 Å². The summed E-state index contributed by atoms with van der Waals surface area (Å²) in [5.41, 5.74) is 3.26. The van der Waals surface area contributed by atoms with Gasteiger partial charge in [-0.2, -0.15) is 0 Å². The molecule has 0 aliphatic carbocycles. The minimum Gasteiger partial charge on any atom is -0.395 e. The van der Waals surface area contributed by atoms with Gasteiger partial charge in [-0.05, 0) is 44.0 Å². The number of amidine groups is 1. The molecule has 1 unspecified atom stereocenters. The van der Waals surface area contributed by atoms with Crippen molar-refractivity contribution in [3.63, 3.8) is 0 Å². The highest BCUT2D eigenvalue weighted by Gasteiger charge is 2.52. The van der Waals surface area contributed by atoms with Gasteiger partial charge >= 0.3 is 6.29 Å². The zero-order valence-corrected chi connectivity index (χ0v) is 12.9. The number of fused-ring (bicyclic) bond motifs is 3. The first-order valence-corrected chi connectivity index (χ1v) is 8.15. The lowest BCUT2D eigenvalue weighted by atomic mass is 9.74. The number of hydroxylamine groups is 1. The minimum atomic E-state index is -3.61. The number of aliphatic imine (C=N–C) groups is 1. The van der Waals surface area contributed by atoms with Crippen molar-refractivity contribution in [2.45, 2.75) is 31.2 Å². The number of nitrogens with one attached hydrogen (secondary N) is 1. The van der Waals surface area contributed by atoms with E-state index in [0.717, 1.165) is 38.3 Å². The van der Waals surface area contributed by atoms with Gasteiger partial charge in [0, 0.05) is 19.0 Å². The standard InChI is InChI=1S/C16H17F2N3O3/c17-16(18)22-12-2-1-11(7-13(12)23-16)19-14-8-15(24-20-14)9-21-5-3-10(15)4-6-21/h1-2,7,10H,3-6,8-9H2,(H,19,20). The third kappa shape index (κ3) is 2.24. The van der Waals surface area contributed by atoms with Crippen LogP contribution in [0.4, 0.5) is 14.5 Å². The molecule has 5 aliphatic rings. The fraction of sp³-hybridized carbons (Fsp3) is 0.562. The Kier molecular flexibility index (Phi) is 2.88. The van der Waals surface area contributed by atoms with E-state index in [-0.39, 0.29) is 17.1 Å². The van der Waals surface area contributed by atoms with E-state index in [4.69, 9.17) is 4.84 Å². The molecule has 4 saturated heterocycles. The highest BCUT2D eigenvalue weighted by Crippen LogP contribution is 2.44. The molecular weight excluding hydrogens is 320 g/mol. The topological polar surface area (TPSA) is 55.3 Å². The maximum Gasteiger partial charge on any atom is 0.586 e. The molecule has 0 aromatic heterocycles. The predicted molar refractivity (Wildman–Crippen MR) is 80.5 cm³/mol. The lowest BCUT2D eigenvalue weighted by molar-refractivity contribution is -0.286. The fourth-order valence-corrected chi connectivity index (χ4v) is 4.18. The zero-order chi connectivity index (χ0) is 16.4. The number of alkyl halides is 2. The van der Waals surface area contributed by atoms with Gasteiger partial charge < -0.3 is 14.4 Å². The normalized spacial score (nSPS) is 37.2. The predicted octanol–water partition coefficient (Wildman–Crippen LogP) is 2.43. The monoisotopic (exact) mass is 337 g/mol. The maximum absolute atomic E-state index is 13.1. The van der Waals surface area contributed by atoms with Gasteiger partial charge in [0.2, 0.25) is 0 Å². The van der Waals surface area contributed by atoms with Crippen LogP contribution in [-0.4, -0.2) is 42.3 Å². The smallest absolute Gasteiger partial charge is 0.395 e. The second-order valence-corrected chi connectivity index (χ2v) is 6.85. The van der Waals surface area contributed by atoms with Crippen LogP contribution in [0.3, 0.4) is 0 Å². The molecule has 24 heavy (non-hydrogen) atoms. The number of rotatable bonds is 1. The molecule has 1 atom stereocenters. The Morgan fingerprint density at radius 1 is 1.17 bits per heavy atom. The van der Waals surface area contributed by atoms with Gasteiger partial charge in [-0.3, -0.25) is 10.3 Å². The van der Waals surface area contributed by atoms with Gasteiger partial charge in [0.25, 0.3) is 0 Å². The molecule has 1 aromatic carbocycles. The number of ether oxygens (including phenoxy) is 2. The average Bonchev–Trinajstić information content (AvgIpc) is 3.07. The first kappa shape index (κ1) is 14.4. The largest absolute Gasteiger partial charge is 0.586 e. The summed E-state index contributed by atoms with van der Waals surface area (Å²) in [4.78, 5) is 12.8. The van der Waals surface area contributed by atoms with E-state index in [1.54, 1.807) is 6.07 Å². The number of nitrogens with zero attached hydrogens (tertiary/aromatic N) is 2. The van der Waals surface area contributed by atoms with Crippen LogP contribution in [0.2, 0.25) is 0 Å². The Bertz CT molecular complexity index is 719. The van der Waals surface area contributed by atoms with Gasteiger partial charge in [0.15, 0.2) is 11.5 Å². The zero-order valence-electron chi connectivity index (χ0n) is 12.9. The van der Waals surface area contributed by atoms with Crippen LogP contribution in [0.15, 0.2) is 23.2 Å². The van der Waals surface area contributed by atoms with Crippen molar-refractivity contribution in [1.82, 2.24) is 10.4 Å². The van der Waals surface area contributed by atoms with Crippen molar-refractivity contribution in [3.05, 3.63) is 18.2 Å². The fourth-order valence-electron chi connectivity index (χ4n) is 4.18. The van der Waals surface area contributed by atoms with Crippen molar-refractivity contribution >= 4 is 11.5 Å². The SMILES string of the molecule is FC1(F)Oc2ccc(N=C3CC4(CN5CCC4CC5)ON3)cc2O1. The molecule has 128 valence electrons. The van der Waals surface area contributed by atoms with Crippen LogP contribution in [0.5, 0.6) is 11.5 Å². The summed E-state index contributed by atoms with van der Waals surface area (Å²) >= 11 is 0. The van der Waals surface area contributed by atoms with Crippen molar-refractivity contribution in [2.24, 2.45) is 10.9 Å². The molecule has 6 nitrogen and oxygen atoms in total. The van der Waals surface area contributed by atoms with E-state index in [1.165, 1.54) is 12.1 Å². The second kappa shape index (κ2) is 4.80. The molecule has 5 aliphatic heterocycles. The van der Waals surface area contributed by atoms with Gasteiger partial charge in [0.1, 0.15) is 11.4 Å². The van der Waals surface area contributed by atoms with Crippen molar-refractivity contribution < 1.29 is 23.1 Å². The first-order chi connectivity index (χ1) is 11.5. The highest BCUT2D eigenvalue weighted by atomic mass is 19.3. The third-order valence-electron chi connectivity index (χ3n) is 5.31. The quantitative estimate of drug-likeness (QED) is 0.853. The molecule has 8 heteroatoms. The Balaban J connectivity index is 1.37. The van der Waals surface area contributed by atoms with Gasteiger partial charge in [-0.1, -0.05) is 0 Å². The number of hydrogen-bond donors (Lipinski definition) is 1. The molecule has 0 amide bonds. The molecular formula is C16H17F2N3O3. The van der Waals surface area contributed by atoms with E-state index in [0.29, 0.717) is 18.0 Å². The minimum absolute atomic E-state index is 0.00156. The van der Waals surface area contributed by atoms with E-state index in [2.05, 4.69) is 24.8 Å². The van der Waals surface area contributed by atoms with E-state index in [9.17, 15) is 8.78 Å². The lowest BCUT2D eigenvalue weighted by Gasteiger charge is -2.49. The Hall–Kier alpha value is -1.93. The summed E-state index contributed by atoms with van der Waals surface area (Å²) in [7, 11) is 0. The summed E-state index contributed by atoms with van der Waals surface area (Å²) in [5.74, 6) is 1.28. The molecule has 0 radical (unpaired) electrons. The van der Waals surface area contributed by atoms with Gasteiger partial charge in [0.05, 0.1) is 5.69 Å². The molecule has 4 fully saturated rings. The first-order valence-electron chi connectivity index (χ1n) is 8.15. The number of halogens is 2. The molecule has 1 aromatic rings. The maximum atomic E-state index is 13.1. The molecule has 6 rings (SSSR count). The van der Waals surface area contributed by atoms with Crippen LogP contribution >= 0.6 is 0 Å². The van der Waals surface area contributed by atoms with Crippen LogP contribution in [0.1, 0.15) is 19.3 Å². The van der Waals surface area contributed by atoms with Crippen molar-refractivity contribution in [2.75, 3.05) is 19.6 Å². The van der Waals surface area contributed by atoms with E-state index in [1.807, 2.05) is 0 Å². The number of hydrogen-bond acceptors (Lipinski definition) is 5. The second-order valence-electron chi connectivity index (χ2n) is 6.85. The molecule has 1 spiro atoms. The summed E-state index contributed by atoms with van der Waals surface area (Å²) in [6, 6.07) is 4.52. The molecule has 2 bridgehead atoms. The van der Waals surface area contributed by atoms with Gasteiger partial charge in [-0.15, -0.1) is 8.78 Å². The van der Waals surface area contributed by atoms with Crippen LogP contribution in [-0.2, 0) is 4.84 Å². The lowest BCUT2D eigenvalue weighted by Crippen LogP contribution is -2.59. The average molecular weight is 337 g/mol. The summed E-state index contributed by atoms with van der Waals surface area (Å²) in [6.45, 7) is 3.19. The van der Waals surface area contributed by atoms with Crippen LogP contribution in [0, 0.1) is 5.92 Å². The van der Waals surface area contributed by atoms with E-state index >= 15 is 0 Å². The molecule has 0 saturated carbocycles. The van der Waals surface area contributed by atoms with Crippen LogP contribution < -0.4 is 15.0 Å². The Labute approximate surface area is 137 Å². The summed E-state index contributed by atoms with van der Waals surface area (Å²) in [5, 5.41) is 0. The van der Waals surface area contributed by atoms with Crippen molar-refractivity contribution in [3.8, 4) is 11.5 Å². The molecule has 5 heterocycles. The summed E-state index contributed by atoms with van der Waals surface area (Å²) in [6.07, 6.45) is -0.608. The van der Waals surface area contributed by atoms with Gasteiger partial charge in [-0.25, -0.2) is 4.99 Å². The number of benzene rings is 1. The Morgan fingerprint density at radius 3 is 2.71 bits per heavy atom. The third-order valence-corrected chi connectivity index (χ3v) is 5.31. The molecule has 1 N–H and O–H groups in total. The van der Waals surface area contributed by atoms with Crippen LogP contribution in [0.25, 0.3) is 0 Å². The summed E-state index contributed by atoms with van der Waals surface area (Å²) < 4.78 is 35.0. The number of piperidine rings is 3. The highest BCUT2D eigenvalue weighted by molar-refractivity contribution is 5.86. The Morgan fingerprint density at radius 2 is 1.96 bits per heavy atom.